The summed E-state index contributed by atoms with van der Waals surface area (Å²) in [5.74, 6) is 0. The molecule has 2 rings (SSSR count). The van der Waals surface area contributed by atoms with Gasteiger partial charge in [0.25, 0.3) is 0 Å². The first-order chi connectivity index (χ1) is 8.16. The standard InChI is InChI=1S/C13H18BrClN2/c1-17-6-2-3-12(17)9-16-8-10-7-11(14)4-5-13(10)15/h4-5,7,12,16H,2-3,6,8-9H2,1H3. The number of rotatable bonds is 4. The third-order valence-corrected chi connectivity index (χ3v) is 4.24. The molecule has 0 spiro atoms. The van der Waals surface area contributed by atoms with Crippen LogP contribution in [0.4, 0.5) is 0 Å². The Balaban J connectivity index is 1.83. The summed E-state index contributed by atoms with van der Waals surface area (Å²) in [6.45, 7) is 3.10. The molecule has 1 aromatic rings. The average Bonchev–Trinajstić information content (AvgIpc) is 2.70. The molecule has 1 aliphatic heterocycles. The van der Waals surface area contributed by atoms with Crippen LogP contribution in [0.5, 0.6) is 0 Å². The van der Waals surface area contributed by atoms with E-state index in [1.54, 1.807) is 0 Å². The number of halogens is 2. The maximum atomic E-state index is 6.15. The van der Waals surface area contributed by atoms with E-state index in [1.807, 2.05) is 12.1 Å². The molecular formula is C13H18BrClN2. The zero-order chi connectivity index (χ0) is 12.3. The summed E-state index contributed by atoms with van der Waals surface area (Å²) in [4.78, 5) is 2.43. The fraction of sp³-hybridized carbons (Fsp3) is 0.538. The molecule has 0 amide bonds. The molecule has 1 fully saturated rings. The molecule has 1 saturated heterocycles. The normalized spacial score (nSPS) is 21.0. The number of benzene rings is 1. The average molecular weight is 318 g/mol. The monoisotopic (exact) mass is 316 g/mol. The first kappa shape index (κ1) is 13.3. The lowest BCUT2D eigenvalue weighted by atomic mass is 10.2. The van der Waals surface area contributed by atoms with Gasteiger partial charge in [0, 0.05) is 28.6 Å². The molecule has 17 heavy (non-hydrogen) atoms. The summed E-state index contributed by atoms with van der Waals surface area (Å²) >= 11 is 9.62. The first-order valence-corrected chi connectivity index (χ1v) is 7.19. The maximum absolute atomic E-state index is 6.15. The molecule has 0 bridgehead atoms. The summed E-state index contributed by atoms with van der Waals surface area (Å²) in [7, 11) is 2.20. The Labute approximate surface area is 116 Å². The lowest BCUT2D eigenvalue weighted by molar-refractivity contribution is 0.300. The van der Waals surface area contributed by atoms with E-state index in [1.165, 1.54) is 19.4 Å². The van der Waals surface area contributed by atoms with Crippen molar-refractivity contribution in [3.8, 4) is 0 Å². The molecule has 0 aromatic heterocycles. The van der Waals surface area contributed by atoms with Gasteiger partial charge in [-0.25, -0.2) is 0 Å². The van der Waals surface area contributed by atoms with Crippen LogP contribution >= 0.6 is 27.5 Å². The zero-order valence-electron chi connectivity index (χ0n) is 10.0. The quantitative estimate of drug-likeness (QED) is 0.917. The molecule has 0 saturated carbocycles. The molecule has 94 valence electrons. The topological polar surface area (TPSA) is 15.3 Å². The molecule has 1 N–H and O–H groups in total. The van der Waals surface area contributed by atoms with Crippen LogP contribution in [0.1, 0.15) is 18.4 Å². The highest BCUT2D eigenvalue weighted by Gasteiger charge is 2.19. The van der Waals surface area contributed by atoms with E-state index in [4.69, 9.17) is 11.6 Å². The Hall–Kier alpha value is -0.0900. The van der Waals surface area contributed by atoms with E-state index in [-0.39, 0.29) is 0 Å². The van der Waals surface area contributed by atoms with Gasteiger partial charge in [-0.05, 0) is 50.2 Å². The first-order valence-electron chi connectivity index (χ1n) is 6.01. The van der Waals surface area contributed by atoms with Gasteiger partial charge in [-0.2, -0.15) is 0 Å². The Morgan fingerprint density at radius 3 is 3.06 bits per heavy atom. The van der Waals surface area contributed by atoms with Gasteiger partial charge < -0.3 is 10.2 Å². The predicted octanol–water partition coefficient (Wildman–Crippen LogP) is 3.29. The molecule has 2 nitrogen and oxygen atoms in total. The fourth-order valence-electron chi connectivity index (χ4n) is 2.29. The molecule has 1 atom stereocenters. The summed E-state index contributed by atoms with van der Waals surface area (Å²) in [5.41, 5.74) is 1.15. The molecular weight excluding hydrogens is 300 g/mol. The summed E-state index contributed by atoms with van der Waals surface area (Å²) in [5, 5.41) is 4.33. The van der Waals surface area contributed by atoms with Crippen molar-refractivity contribution in [2.75, 3.05) is 20.1 Å². The Bertz CT molecular complexity index is 384. The molecule has 4 heteroatoms. The van der Waals surface area contributed by atoms with Crippen LogP contribution in [0.3, 0.4) is 0 Å². The minimum atomic E-state index is 0.681. The fourth-order valence-corrected chi connectivity index (χ4v) is 2.88. The Kier molecular flexibility index (Phi) is 4.86. The smallest absolute Gasteiger partial charge is 0.0451 e. The van der Waals surface area contributed by atoms with Crippen LogP contribution in [-0.2, 0) is 6.54 Å². The maximum Gasteiger partial charge on any atom is 0.0451 e. The van der Waals surface area contributed by atoms with Crippen LogP contribution in [-0.4, -0.2) is 31.1 Å². The second-order valence-electron chi connectivity index (χ2n) is 4.64. The SMILES string of the molecule is CN1CCCC1CNCc1cc(Br)ccc1Cl. The second-order valence-corrected chi connectivity index (χ2v) is 5.97. The van der Waals surface area contributed by atoms with E-state index in [9.17, 15) is 0 Å². The van der Waals surface area contributed by atoms with Crippen LogP contribution in [0, 0.1) is 0 Å². The van der Waals surface area contributed by atoms with E-state index in [0.29, 0.717) is 6.04 Å². The molecule has 0 radical (unpaired) electrons. The summed E-state index contributed by atoms with van der Waals surface area (Å²) in [6, 6.07) is 6.66. The van der Waals surface area contributed by atoms with Gasteiger partial charge in [0.15, 0.2) is 0 Å². The van der Waals surface area contributed by atoms with Crippen molar-refractivity contribution in [1.82, 2.24) is 10.2 Å². The number of nitrogens with one attached hydrogen (secondary N) is 1. The lowest BCUT2D eigenvalue weighted by Crippen LogP contribution is -2.35. The van der Waals surface area contributed by atoms with Gasteiger partial charge in [-0.3, -0.25) is 0 Å². The van der Waals surface area contributed by atoms with Gasteiger partial charge in [0.2, 0.25) is 0 Å². The van der Waals surface area contributed by atoms with Crippen molar-refractivity contribution in [3.05, 3.63) is 33.3 Å². The van der Waals surface area contributed by atoms with Crippen molar-refractivity contribution in [2.24, 2.45) is 0 Å². The Morgan fingerprint density at radius 1 is 1.53 bits per heavy atom. The van der Waals surface area contributed by atoms with Crippen LogP contribution in [0.25, 0.3) is 0 Å². The Morgan fingerprint density at radius 2 is 2.35 bits per heavy atom. The van der Waals surface area contributed by atoms with Crippen molar-refractivity contribution < 1.29 is 0 Å². The highest BCUT2D eigenvalue weighted by Crippen LogP contribution is 2.21. The largest absolute Gasteiger partial charge is 0.311 e. The van der Waals surface area contributed by atoms with Crippen LogP contribution in [0.15, 0.2) is 22.7 Å². The van der Waals surface area contributed by atoms with Crippen molar-refractivity contribution >= 4 is 27.5 Å². The van der Waals surface area contributed by atoms with E-state index >= 15 is 0 Å². The van der Waals surface area contributed by atoms with Crippen molar-refractivity contribution in [1.29, 1.82) is 0 Å². The van der Waals surface area contributed by atoms with Gasteiger partial charge in [-0.15, -0.1) is 0 Å². The summed E-state index contributed by atoms with van der Waals surface area (Å²) < 4.78 is 1.08. The summed E-state index contributed by atoms with van der Waals surface area (Å²) in [6.07, 6.45) is 2.62. The number of hydrogen-bond acceptors (Lipinski definition) is 2. The van der Waals surface area contributed by atoms with Crippen molar-refractivity contribution in [2.45, 2.75) is 25.4 Å². The third-order valence-electron chi connectivity index (χ3n) is 3.37. The van der Waals surface area contributed by atoms with Gasteiger partial charge in [0.05, 0.1) is 0 Å². The van der Waals surface area contributed by atoms with Gasteiger partial charge in [0.1, 0.15) is 0 Å². The highest BCUT2D eigenvalue weighted by atomic mass is 79.9. The molecule has 1 aromatic carbocycles. The number of likely N-dealkylation sites (tertiary alicyclic amines) is 1. The van der Waals surface area contributed by atoms with Gasteiger partial charge in [-0.1, -0.05) is 27.5 Å². The third kappa shape index (κ3) is 3.68. The molecule has 1 aliphatic rings. The number of hydrogen-bond donors (Lipinski definition) is 1. The van der Waals surface area contributed by atoms with E-state index < -0.39 is 0 Å². The minimum absolute atomic E-state index is 0.681. The predicted molar refractivity (Wildman–Crippen MR) is 76.5 cm³/mol. The van der Waals surface area contributed by atoms with Gasteiger partial charge >= 0.3 is 0 Å². The van der Waals surface area contributed by atoms with Crippen molar-refractivity contribution in [3.63, 3.8) is 0 Å². The zero-order valence-corrected chi connectivity index (χ0v) is 12.4. The van der Waals surface area contributed by atoms with Crippen LogP contribution in [0.2, 0.25) is 5.02 Å². The molecule has 0 aliphatic carbocycles. The highest BCUT2D eigenvalue weighted by molar-refractivity contribution is 9.10. The lowest BCUT2D eigenvalue weighted by Gasteiger charge is -2.19. The second kappa shape index (κ2) is 6.19. The molecule has 1 unspecified atom stereocenters. The van der Waals surface area contributed by atoms with Crippen LogP contribution < -0.4 is 5.32 Å². The van der Waals surface area contributed by atoms with E-state index in [0.717, 1.165) is 28.1 Å². The van der Waals surface area contributed by atoms with E-state index in [2.05, 4.69) is 39.3 Å². The molecule has 1 heterocycles. The number of nitrogens with zero attached hydrogens (tertiary/aromatic N) is 1. The minimum Gasteiger partial charge on any atom is -0.311 e. The number of likely N-dealkylation sites (N-methyl/N-ethyl adjacent to an activating group) is 1.